The van der Waals surface area contributed by atoms with Crippen LogP contribution in [0.1, 0.15) is 18.2 Å². The van der Waals surface area contributed by atoms with Gasteiger partial charge in [-0.2, -0.15) is 10.1 Å². The summed E-state index contributed by atoms with van der Waals surface area (Å²) in [4.78, 5) is 8.13. The van der Waals surface area contributed by atoms with Gasteiger partial charge in [-0.3, -0.25) is 0 Å². The minimum absolute atomic E-state index is 0.167. The summed E-state index contributed by atoms with van der Waals surface area (Å²) < 4.78 is 5.43. The van der Waals surface area contributed by atoms with Crippen LogP contribution in [0.2, 0.25) is 0 Å². The molecule has 0 aliphatic carbocycles. The van der Waals surface area contributed by atoms with Crippen LogP contribution in [-0.4, -0.2) is 16.6 Å². The maximum Gasteiger partial charge on any atom is 0.247 e. The standard InChI is InChI=1S/C14H17N5O/c1-4-20-13-12(10(3)16-14(15)17-13)19-18-11-8-6-5-7-9(11)2/h5-8H,4H2,1-3H3,(H2,15,16,17). The van der Waals surface area contributed by atoms with E-state index >= 15 is 0 Å². The lowest BCUT2D eigenvalue weighted by atomic mass is 10.2. The average molecular weight is 271 g/mol. The van der Waals surface area contributed by atoms with Crippen molar-refractivity contribution < 1.29 is 4.74 Å². The molecule has 0 amide bonds. The van der Waals surface area contributed by atoms with Gasteiger partial charge in [0, 0.05) is 0 Å². The lowest BCUT2D eigenvalue weighted by Crippen LogP contribution is -2.02. The van der Waals surface area contributed by atoms with Gasteiger partial charge in [0.1, 0.15) is 0 Å². The second-order valence-corrected chi connectivity index (χ2v) is 4.24. The van der Waals surface area contributed by atoms with Gasteiger partial charge in [-0.15, -0.1) is 5.11 Å². The first kappa shape index (κ1) is 13.9. The SMILES string of the molecule is CCOc1nc(N)nc(C)c1N=Nc1ccccc1C. The lowest BCUT2D eigenvalue weighted by molar-refractivity contribution is 0.327. The normalized spacial score (nSPS) is 10.9. The highest BCUT2D eigenvalue weighted by Crippen LogP contribution is 2.31. The van der Waals surface area contributed by atoms with Crippen molar-refractivity contribution in [3.63, 3.8) is 0 Å². The average Bonchev–Trinajstić information content (AvgIpc) is 2.40. The second kappa shape index (κ2) is 6.10. The zero-order chi connectivity index (χ0) is 14.5. The van der Waals surface area contributed by atoms with E-state index in [1.165, 1.54) is 0 Å². The minimum Gasteiger partial charge on any atom is -0.476 e. The Hall–Kier alpha value is -2.50. The fourth-order valence-electron chi connectivity index (χ4n) is 1.69. The fourth-order valence-corrected chi connectivity index (χ4v) is 1.69. The molecule has 0 saturated heterocycles. The van der Waals surface area contributed by atoms with Crippen LogP contribution >= 0.6 is 0 Å². The third-order valence-corrected chi connectivity index (χ3v) is 2.70. The quantitative estimate of drug-likeness (QED) is 0.862. The molecule has 0 fully saturated rings. The number of benzene rings is 1. The highest BCUT2D eigenvalue weighted by Gasteiger charge is 2.11. The van der Waals surface area contributed by atoms with Crippen LogP contribution in [0.3, 0.4) is 0 Å². The number of nitrogens with two attached hydrogens (primary N) is 1. The largest absolute Gasteiger partial charge is 0.476 e. The van der Waals surface area contributed by atoms with Crippen LogP contribution in [0.15, 0.2) is 34.5 Å². The molecule has 2 rings (SSSR count). The molecule has 104 valence electrons. The molecule has 20 heavy (non-hydrogen) atoms. The van der Waals surface area contributed by atoms with Crippen molar-refractivity contribution in [2.24, 2.45) is 10.2 Å². The number of ether oxygens (including phenoxy) is 1. The molecule has 1 heterocycles. The Kier molecular flexibility index (Phi) is 4.24. The molecule has 6 nitrogen and oxygen atoms in total. The van der Waals surface area contributed by atoms with Gasteiger partial charge in [-0.05, 0) is 32.4 Å². The van der Waals surface area contributed by atoms with Gasteiger partial charge in [-0.1, -0.05) is 18.2 Å². The molecule has 6 heteroatoms. The van der Waals surface area contributed by atoms with Gasteiger partial charge in [0.05, 0.1) is 18.0 Å². The molecule has 0 aliphatic rings. The number of aromatic nitrogens is 2. The van der Waals surface area contributed by atoms with E-state index in [0.29, 0.717) is 23.9 Å². The Morgan fingerprint density at radius 3 is 2.60 bits per heavy atom. The zero-order valence-electron chi connectivity index (χ0n) is 11.8. The summed E-state index contributed by atoms with van der Waals surface area (Å²) in [6.07, 6.45) is 0. The number of nitrogen functional groups attached to an aromatic ring is 1. The van der Waals surface area contributed by atoms with Crippen LogP contribution in [-0.2, 0) is 0 Å². The predicted molar refractivity (Wildman–Crippen MR) is 77.7 cm³/mol. The molecule has 2 aromatic rings. The Bertz CT molecular complexity index is 639. The number of aryl methyl sites for hydroxylation is 2. The maximum atomic E-state index is 5.62. The summed E-state index contributed by atoms with van der Waals surface area (Å²) >= 11 is 0. The zero-order valence-corrected chi connectivity index (χ0v) is 11.8. The third kappa shape index (κ3) is 3.09. The molecule has 0 unspecified atom stereocenters. The highest BCUT2D eigenvalue weighted by atomic mass is 16.5. The van der Waals surface area contributed by atoms with E-state index < -0.39 is 0 Å². The molecule has 0 bridgehead atoms. The van der Waals surface area contributed by atoms with Crippen molar-refractivity contribution in [3.8, 4) is 5.88 Å². The summed E-state index contributed by atoms with van der Waals surface area (Å²) in [7, 11) is 0. The number of hydrogen-bond acceptors (Lipinski definition) is 6. The maximum absolute atomic E-state index is 5.62. The topological polar surface area (TPSA) is 85.8 Å². The summed E-state index contributed by atoms with van der Waals surface area (Å²) in [5.41, 5.74) is 8.60. The third-order valence-electron chi connectivity index (χ3n) is 2.70. The van der Waals surface area contributed by atoms with Crippen LogP contribution in [0.5, 0.6) is 5.88 Å². The molecule has 0 spiro atoms. The van der Waals surface area contributed by atoms with Crippen molar-refractivity contribution >= 4 is 17.3 Å². The molecule has 0 saturated carbocycles. The van der Waals surface area contributed by atoms with Crippen LogP contribution in [0, 0.1) is 13.8 Å². The van der Waals surface area contributed by atoms with Crippen molar-refractivity contribution in [2.45, 2.75) is 20.8 Å². The molecule has 0 aliphatic heterocycles. The van der Waals surface area contributed by atoms with Crippen molar-refractivity contribution in [1.82, 2.24) is 9.97 Å². The number of azo groups is 1. The first-order chi connectivity index (χ1) is 9.61. The van der Waals surface area contributed by atoms with Crippen molar-refractivity contribution in [1.29, 1.82) is 0 Å². The van der Waals surface area contributed by atoms with Crippen molar-refractivity contribution in [3.05, 3.63) is 35.5 Å². The number of hydrogen-bond donors (Lipinski definition) is 1. The van der Waals surface area contributed by atoms with Crippen LogP contribution in [0.4, 0.5) is 17.3 Å². The van der Waals surface area contributed by atoms with E-state index in [-0.39, 0.29) is 5.95 Å². The van der Waals surface area contributed by atoms with Crippen LogP contribution < -0.4 is 10.5 Å². The van der Waals surface area contributed by atoms with Gasteiger partial charge < -0.3 is 10.5 Å². The van der Waals surface area contributed by atoms with E-state index in [9.17, 15) is 0 Å². The number of nitrogens with zero attached hydrogens (tertiary/aromatic N) is 4. The van der Waals surface area contributed by atoms with Crippen LogP contribution in [0.25, 0.3) is 0 Å². The monoisotopic (exact) mass is 271 g/mol. The molecule has 0 atom stereocenters. The highest BCUT2D eigenvalue weighted by molar-refractivity contribution is 5.53. The van der Waals surface area contributed by atoms with Crippen molar-refractivity contribution in [2.75, 3.05) is 12.3 Å². The molecule has 1 aromatic carbocycles. The van der Waals surface area contributed by atoms with Gasteiger partial charge in [-0.25, -0.2) is 4.98 Å². The first-order valence-corrected chi connectivity index (χ1v) is 6.36. The fraction of sp³-hybridized carbons (Fsp3) is 0.286. The molecular formula is C14H17N5O. The Morgan fingerprint density at radius 1 is 1.15 bits per heavy atom. The Labute approximate surface area is 117 Å². The predicted octanol–water partition coefficient (Wildman–Crippen LogP) is 3.49. The summed E-state index contributed by atoms with van der Waals surface area (Å²) in [5, 5.41) is 8.45. The van der Waals surface area contributed by atoms with Gasteiger partial charge in [0.15, 0.2) is 5.69 Å². The molecular weight excluding hydrogens is 254 g/mol. The van der Waals surface area contributed by atoms with E-state index in [0.717, 1.165) is 11.3 Å². The second-order valence-electron chi connectivity index (χ2n) is 4.24. The summed E-state index contributed by atoms with van der Waals surface area (Å²) in [5.74, 6) is 0.524. The summed E-state index contributed by atoms with van der Waals surface area (Å²) in [6, 6.07) is 7.74. The Balaban J connectivity index is 2.40. The molecule has 0 radical (unpaired) electrons. The first-order valence-electron chi connectivity index (χ1n) is 6.36. The van der Waals surface area contributed by atoms with E-state index in [4.69, 9.17) is 10.5 Å². The Morgan fingerprint density at radius 2 is 1.90 bits per heavy atom. The van der Waals surface area contributed by atoms with Gasteiger partial charge in [0.25, 0.3) is 0 Å². The number of rotatable bonds is 4. The van der Waals surface area contributed by atoms with E-state index in [1.54, 1.807) is 6.92 Å². The lowest BCUT2D eigenvalue weighted by Gasteiger charge is -2.07. The van der Waals surface area contributed by atoms with E-state index in [2.05, 4.69) is 20.2 Å². The van der Waals surface area contributed by atoms with E-state index in [1.807, 2.05) is 38.1 Å². The number of anilines is 1. The van der Waals surface area contributed by atoms with Gasteiger partial charge in [0.2, 0.25) is 11.8 Å². The minimum atomic E-state index is 0.167. The smallest absolute Gasteiger partial charge is 0.247 e. The molecule has 1 aromatic heterocycles. The summed E-state index contributed by atoms with van der Waals surface area (Å²) in [6.45, 7) is 6.12. The van der Waals surface area contributed by atoms with Gasteiger partial charge >= 0.3 is 0 Å². The molecule has 2 N–H and O–H groups in total.